The Balaban J connectivity index is 1.99. The summed E-state index contributed by atoms with van der Waals surface area (Å²) in [5.41, 5.74) is 0. The largest absolute Gasteiger partial charge is 0.481 e. The van der Waals surface area contributed by atoms with Crippen LogP contribution in [0, 0.1) is 5.92 Å². The molecule has 0 spiro atoms. The van der Waals surface area contributed by atoms with E-state index in [2.05, 4.69) is 10.2 Å². The number of nitrogens with one attached hydrogen (secondary N) is 1. The summed E-state index contributed by atoms with van der Waals surface area (Å²) in [5, 5.41) is 12.0. The molecule has 1 aliphatic rings. The molecule has 1 aliphatic carbocycles. The number of hydrogen-bond acceptors (Lipinski definition) is 3. The summed E-state index contributed by atoms with van der Waals surface area (Å²) >= 11 is 0. The summed E-state index contributed by atoms with van der Waals surface area (Å²) in [7, 11) is 4.06. The number of rotatable bonds is 5. The van der Waals surface area contributed by atoms with Gasteiger partial charge in [-0.15, -0.1) is 0 Å². The number of carbonyl (C=O) groups is 1. The molecule has 0 bridgehead atoms. The molecule has 1 rings (SSSR count). The summed E-state index contributed by atoms with van der Waals surface area (Å²) in [4.78, 5) is 12.6. The van der Waals surface area contributed by atoms with E-state index in [9.17, 15) is 4.79 Å². The molecule has 0 aromatic heterocycles. The van der Waals surface area contributed by atoms with Gasteiger partial charge in [-0.25, -0.2) is 0 Å². The van der Waals surface area contributed by atoms with E-state index in [4.69, 9.17) is 5.11 Å². The van der Waals surface area contributed by atoms with E-state index in [1.54, 1.807) is 0 Å². The Labute approximate surface area is 78.9 Å². The highest BCUT2D eigenvalue weighted by Crippen LogP contribution is 2.27. The predicted octanol–water partition coefficient (Wildman–Crippen LogP) is 0.000800. The summed E-state index contributed by atoms with van der Waals surface area (Å²) in [6, 6.07) is 0.432. The molecule has 0 amide bonds. The van der Waals surface area contributed by atoms with Gasteiger partial charge in [-0.05, 0) is 26.9 Å². The average Bonchev–Trinajstić information content (AvgIpc) is 1.92. The van der Waals surface area contributed by atoms with Crippen LogP contribution in [-0.4, -0.2) is 49.2 Å². The second kappa shape index (κ2) is 4.58. The van der Waals surface area contributed by atoms with Crippen LogP contribution in [0.3, 0.4) is 0 Å². The molecule has 1 saturated carbocycles. The number of carboxylic acid groups (broad SMARTS) is 1. The Hall–Kier alpha value is -0.610. The highest BCUT2D eigenvalue weighted by Gasteiger charge is 2.33. The molecule has 76 valence electrons. The normalized spacial score (nSPS) is 27.3. The first-order valence-corrected chi connectivity index (χ1v) is 4.70. The fourth-order valence-electron chi connectivity index (χ4n) is 1.48. The minimum atomic E-state index is -0.648. The first-order chi connectivity index (χ1) is 6.09. The molecule has 0 unspecified atom stereocenters. The number of carboxylic acids is 1. The van der Waals surface area contributed by atoms with Crippen molar-refractivity contribution in [3.05, 3.63) is 0 Å². The van der Waals surface area contributed by atoms with Crippen molar-refractivity contribution in [2.24, 2.45) is 5.92 Å². The van der Waals surface area contributed by atoms with Gasteiger partial charge < -0.3 is 15.3 Å². The van der Waals surface area contributed by atoms with Gasteiger partial charge in [0.25, 0.3) is 0 Å². The molecule has 1 fully saturated rings. The smallest absolute Gasteiger partial charge is 0.306 e. The monoisotopic (exact) mass is 186 g/mol. The number of aliphatic carboxylic acids is 1. The SMILES string of the molecule is CN(C)CCNC1CC(C(=O)O)C1. The maximum absolute atomic E-state index is 10.5. The van der Waals surface area contributed by atoms with Crippen LogP contribution in [0.15, 0.2) is 0 Å². The molecule has 0 aromatic rings. The standard InChI is InChI=1S/C9H18N2O2/c1-11(2)4-3-10-8-5-7(6-8)9(12)13/h7-8,10H,3-6H2,1-2H3,(H,12,13). The lowest BCUT2D eigenvalue weighted by Crippen LogP contribution is -2.46. The molecule has 0 aliphatic heterocycles. The lowest BCUT2D eigenvalue weighted by Gasteiger charge is -2.33. The summed E-state index contributed by atoms with van der Waals surface area (Å²) < 4.78 is 0. The van der Waals surface area contributed by atoms with Gasteiger partial charge in [-0.1, -0.05) is 0 Å². The maximum Gasteiger partial charge on any atom is 0.306 e. The van der Waals surface area contributed by atoms with Crippen LogP contribution in [-0.2, 0) is 4.79 Å². The lowest BCUT2D eigenvalue weighted by molar-refractivity contribution is -0.145. The Bertz CT molecular complexity index is 176. The van der Waals surface area contributed by atoms with Crippen LogP contribution < -0.4 is 5.32 Å². The van der Waals surface area contributed by atoms with E-state index in [0.717, 1.165) is 25.9 Å². The third-order valence-corrected chi connectivity index (χ3v) is 2.48. The molecule has 0 radical (unpaired) electrons. The highest BCUT2D eigenvalue weighted by atomic mass is 16.4. The third kappa shape index (κ3) is 3.32. The average molecular weight is 186 g/mol. The van der Waals surface area contributed by atoms with Gasteiger partial charge in [-0.2, -0.15) is 0 Å². The van der Waals surface area contributed by atoms with Crippen molar-refractivity contribution in [3.8, 4) is 0 Å². The zero-order chi connectivity index (χ0) is 9.84. The summed E-state index contributed by atoms with van der Waals surface area (Å²) in [6.45, 7) is 1.96. The molecule has 4 heteroatoms. The van der Waals surface area contributed by atoms with Crippen molar-refractivity contribution in [1.29, 1.82) is 0 Å². The van der Waals surface area contributed by atoms with Gasteiger partial charge in [0.2, 0.25) is 0 Å². The van der Waals surface area contributed by atoms with Crippen molar-refractivity contribution in [2.75, 3.05) is 27.2 Å². The second-order valence-electron chi connectivity index (χ2n) is 3.96. The molecular weight excluding hydrogens is 168 g/mol. The Morgan fingerprint density at radius 3 is 2.62 bits per heavy atom. The van der Waals surface area contributed by atoms with E-state index in [1.165, 1.54) is 0 Å². The van der Waals surface area contributed by atoms with Gasteiger partial charge in [0.05, 0.1) is 5.92 Å². The fraction of sp³-hybridized carbons (Fsp3) is 0.889. The van der Waals surface area contributed by atoms with Gasteiger partial charge >= 0.3 is 5.97 Å². The van der Waals surface area contributed by atoms with Crippen LogP contribution in [0.2, 0.25) is 0 Å². The second-order valence-corrected chi connectivity index (χ2v) is 3.96. The van der Waals surface area contributed by atoms with Gasteiger partial charge in [0, 0.05) is 19.1 Å². The first kappa shape index (κ1) is 10.5. The highest BCUT2D eigenvalue weighted by molar-refractivity contribution is 5.71. The third-order valence-electron chi connectivity index (χ3n) is 2.48. The molecule has 0 saturated heterocycles. The first-order valence-electron chi connectivity index (χ1n) is 4.70. The topological polar surface area (TPSA) is 52.6 Å². The van der Waals surface area contributed by atoms with Crippen molar-refractivity contribution in [1.82, 2.24) is 10.2 Å². The number of nitrogens with zero attached hydrogens (tertiary/aromatic N) is 1. The number of likely N-dealkylation sites (N-methyl/N-ethyl adjacent to an activating group) is 1. The van der Waals surface area contributed by atoms with Crippen LogP contribution in [0.5, 0.6) is 0 Å². The van der Waals surface area contributed by atoms with E-state index in [-0.39, 0.29) is 5.92 Å². The zero-order valence-electron chi connectivity index (χ0n) is 8.29. The predicted molar refractivity (Wildman–Crippen MR) is 50.7 cm³/mol. The zero-order valence-corrected chi connectivity index (χ0v) is 8.29. The van der Waals surface area contributed by atoms with Crippen molar-refractivity contribution < 1.29 is 9.90 Å². The minimum Gasteiger partial charge on any atom is -0.481 e. The molecule has 0 atom stereocenters. The Morgan fingerprint density at radius 2 is 2.15 bits per heavy atom. The van der Waals surface area contributed by atoms with Gasteiger partial charge in [0.15, 0.2) is 0 Å². The van der Waals surface area contributed by atoms with E-state index < -0.39 is 5.97 Å². The van der Waals surface area contributed by atoms with Crippen LogP contribution in [0.25, 0.3) is 0 Å². The molecule has 4 nitrogen and oxygen atoms in total. The molecule has 13 heavy (non-hydrogen) atoms. The molecular formula is C9H18N2O2. The molecule has 2 N–H and O–H groups in total. The molecule has 0 heterocycles. The lowest BCUT2D eigenvalue weighted by atomic mass is 9.80. The van der Waals surface area contributed by atoms with Crippen molar-refractivity contribution in [3.63, 3.8) is 0 Å². The van der Waals surface area contributed by atoms with E-state index in [0.29, 0.717) is 6.04 Å². The summed E-state index contributed by atoms with van der Waals surface area (Å²) in [6.07, 6.45) is 1.59. The van der Waals surface area contributed by atoms with Crippen molar-refractivity contribution >= 4 is 5.97 Å². The van der Waals surface area contributed by atoms with E-state index in [1.807, 2.05) is 14.1 Å². The van der Waals surface area contributed by atoms with Crippen LogP contribution in [0.4, 0.5) is 0 Å². The van der Waals surface area contributed by atoms with Crippen LogP contribution >= 0.6 is 0 Å². The Kier molecular flexibility index (Phi) is 3.69. The minimum absolute atomic E-state index is 0.100. The maximum atomic E-state index is 10.5. The quantitative estimate of drug-likeness (QED) is 0.634. The van der Waals surface area contributed by atoms with Crippen molar-refractivity contribution in [2.45, 2.75) is 18.9 Å². The van der Waals surface area contributed by atoms with Gasteiger partial charge in [-0.3, -0.25) is 4.79 Å². The van der Waals surface area contributed by atoms with E-state index >= 15 is 0 Å². The van der Waals surface area contributed by atoms with Gasteiger partial charge in [0.1, 0.15) is 0 Å². The number of hydrogen-bond donors (Lipinski definition) is 2. The fourth-order valence-corrected chi connectivity index (χ4v) is 1.48. The molecule has 0 aromatic carbocycles. The van der Waals surface area contributed by atoms with Crippen LogP contribution in [0.1, 0.15) is 12.8 Å². The Morgan fingerprint density at radius 1 is 1.54 bits per heavy atom. The summed E-state index contributed by atoms with van der Waals surface area (Å²) in [5.74, 6) is -0.748.